The largest absolute Gasteiger partial charge is 0.309 e. The van der Waals surface area contributed by atoms with Gasteiger partial charge in [0, 0.05) is 18.5 Å². The summed E-state index contributed by atoms with van der Waals surface area (Å²) in [7, 11) is 0. The van der Waals surface area contributed by atoms with Crippen molar-refractivity contribution in [3.63, 3.8) is 0 Å². The topological polar surface area (TPSA) is 35.8 Å². The summed E-state index contributed by atoms with van der Waals surface area (Å²) in [6.45, 7) is 2.08. The first kappa shape index (κ1) is 10.1. The van der Waals surface area contributed by atoms with Gasteiger partial charge < -0.3 is 5.32 Å². The van der Waals surface area contributed by atoms with E-state index in [1.807, 2.05) is 0 Å². The maximum atomic E-state index is 8.85. The molecule has 0 amide bonds. The van der Waals surface area contributed by atoms with Crippen molar-refractivity contribution in [1.82, 2.24) is 5.32 Å². The van der Waals surface area contributed by atoms with Gasteiger partial charge in [-0.2, -0.15) is 5.26 Å². The molecule has 0 radical (unpaired) electrons. The van der Waals surface area contributed by atoms with Crippen molar-refractivity contribution in [2.45, 2.75) is 44.7 Å². The van der Waals surface area contributed by atoms with E-state index in [1.54, 1.807) is 0 Å². The third kappa shape index (κ3) is 2.76. The molecule has 1 fully saturated rings. The summed E-state index contributed by atoms with van der Waals surface area (Å²) in [6.07, 6.45) is 9.28. The van der Waals surface area contributed by atoms with E-state index >= 15 is 0 Å². The van der Waals surface area contributed by atoms with Gasteiger partial charge in [-0.15, -0.1) is 12.3 Å². The summed E-state index contributed by atoms with van der Waals surface area (Å²) < 4.78 is 0. The molecular weight excluding hydrogens is 160 g/mol. The molecule has 3 unspecified atom stereocenters. The van der Waals surface area contributed by atoms with Gasteiger partial charge in [0.15, 0.2) is 0 Å². The quantitative estimate of drug-likeness (QED) is 0.664. The van der Waals surface area contributed by atoms with Crippen LogP contribution in [0.2, 0.25) is 0 Å². The molecule has 1 aliphatic rings. The first-order valence-electron chi connectivity index (χ1n) is 4.87. The van der Waals surface area contributed by atoms with Crippen molar-refractivity contribution in [3.8, 4) is 18.4 Å². The number of hydrogen-bond acceptors (Lipinski definition) is 2. The summed E-state index contributed by atoms with van der Waals surface area (Å²) in [5, 5.41) is 12.3. The molecule has 0 saturated heterocycles. The standard InChI is InChI=1S/C11H16N2/c1-3-5-9(2)13-11-7-4-6-10(11)8-12/h1,9-11,13H,4-7H2,2H3. The zero-order valence-electron chi connectivity index (χ0n) is 8.09. The van der Waals surface area contributed by atoms with Crippen LogP contribution in [-0.4, -0.2) is 12.1 Å². The smallest absolute Gasteiger partial charge is 0.0672 e. The Hall–Kier alpha value is -0.990. The van der Waals surface area contributed by atoms with E-state index in [1.165, 1.54) is 6.42 Å². The lowest BCUT2D eigenvalue weighted by molar-refractivity contribution is 0.414. The normalized spacial score (nSPS) is 29.2. The van der Waals surface area contributed by atoms with Crippen LogP contribution in [0, 0.1) is 29.6 Å². The highest BCUT2D eigenvalue weighted by Gasteiger charge is 2.27. The molecule has 3 atom stereocenters. The lowest BCUT2D eigenvalue weighted by Gasteiger charge is -2.19. The number of hydrogen-bond donors (Lipinski definition) is 1. The second kappa shape index (κ2) is 4.90. The molecule has 0 heterocycles. The molecule has 1 N–H and O–H groups in total. The van der Waals surface area contributed by atoms with Gasteiger partial charge in [0.05, 0.1) is 12.0 Å². The van der Waals surface area contributed by atoms with Gasteiger partial charge in [0.2, 0.25) is 0 Å². The van der Waals surface area contributed by atoms with Crippen LogP contribution in [0.15, 0.2) is 0 Å². The van der Waals surface area contributed by atoms with E-state index in [-0.39, 0.29) is 5.92 Å². The van der Waals surface area contributed by atoms with Crippen molar-refractivity contribution < 1.29 is 0 Å². The zero-order valence-corrected chi connectivity index (χ0v) is 8.09. The molecule has 2 nitrogen and oxygen atoms in total. The molecule has 0 bridgehead atoms. The average Bonchev–Trinajstić information content (AvgIpc) is 2.52. The highest BCUT2D eigenvalue weighted by atomic mass is 15.0. The molecule has 70 valence electrons. The van der Waals surface area contributed by atoms with Gasteiger partial charge in [-0.1, -0.05) is 6.42 Å². The van der Waals surface area contributed by atoms with Gasteiger partial charge in [-0.3, -0.25) is 0 Å². The lowest BCUT2D eigenvalue weighted by Crippen LogP contribution is -2.38. The SMILES string of the molecule is C#CCC(C)NC1CCCC1C#N. The molecule has 2 heteroatoms. The second-order valence-electron chi connectivity index (χ2n) is 3.75. The lowest BCUT2D eigenvalue weighted by atomic mass is 10.0. The van der Waals surface area contributed by atoms with Gasteiger partial charge in [-0.05, 0) is 19.8 Å². The van der Waals surface area contributed by atoms with E-state index in [0.717, 1.165) is 19.3 Å². The number of rotatable bonds is 3. The summed E-state index contributed by atoms with van der Waals surface area (Å²) >= 11 is 0. The van der Waals surface area contributed by atoms with Crippen molar-refractivity contribution in [2.75, 3.05) is 0 Å². The molecule has 13 heavy (non-hydrogen) atoms. The highest BCUT2D eigenvalue weighted by Crippen LogP contribution is 2.25. The Balaban J connectivity index is 2.36. The Bertz CT molecular complexity index is 233. The molecule has 0 aromatic rings. The Morgan fingerprint density at radius 1 is 1.62 bits per heavy atom. The van der Waals surface area contributed by atoms with Crippen molar-refractivity contribution in [1.29, 1.82) is 5.26 Å². The molecule has 1 saturated carbocycles. The minimum absolute atomic E-state index is 0.195. The fourth-order valence-corrected chi connectivity index (χ4v) is 1.92. The first-order valence-corrected chi connectivity index (χ1v) is 4.87. The summed E-state index contributed by atoms with van der Waals surface area (Å²) in [5.41, 5.74) is 0. The van der Waals surface area contributed by atoms with Crippen molar-refractivity contribution in [2.24, 2.45) is 5.92 Å². The number of nitriles is 1. The fraction of sp³-hybridized carbons (Fsp3) is 0.727. The van der Waals surface area contributed by atoms with E-state index in [2.05, 4.69) is 24.2 Å². The Kier molecular flexibility index (Phi) is 3.80. The molecule has 0 aromatic carbocycles. The highest BCUT2D eigenvalue weighted by molar-refractivity contribution is 4.98. The maximum absolute atomic E-state index is 8.85. The molecule has 0 aromatic heterocycles. The average molecular weight is 176 g/mol. The number of nitrogens with one attached hydrogen (secondary N) is 1. The van der Waals surface area contributed by atoms with E-state index in [4.69, 9.17) is 11.7 Å². The number of nitrogens with zero attached hydrogens (tertiary/aromatic N) is 1. The van der Waals surface area contributed by atoms with Gasteiger partial charge in [0.1, 0.15) is 0 Å². The summed E-state index contributed by atoms with van der Waals surface area (Å²) in [5.74, 6) is 2.82. The van der Waals surface area contributed by atoms with Crippen LogP contribution < -0.4 is 5.32 Å². The number of terminal acetylenes is 1. The van der Waals surface area contributed by atoms with Gasteiger partial charge in [0.25, 0.3) is 0 Å². The third-order valence-corrected chi connectivity index (χ3v) is 2.60. The van der Waals surface area contributed by atoms with Crippen molar-refractivity contribution in [3.05, 3.63) is 0 Å². The Labute approximate surface area is 80.3 Å². The van der Waals surface area contributed by atoms with Crippen LogP contribution in [-0.2, 0) is 0 Å². The van der Waals surface area contributed by atoms with Crippen LogP contribution in [0.3, 0.4) is 0 Å². The summed E-state index contributed by atoms with van der Waals surface area (Å²) in [4.78, 5) is 0. The van der Waals surface area contributed by atoms with Gasteiger partial charge in [-0.25, -0.2) is 0 Å². The minimum Gasteiger partial charge on any atom is -0.309 e. The van der Waals surface area contributed by atoms with E-state index in [9.17, 15) is 0 Å². The van der Waals surface area contributed by atoms with Crippen molar-refractivity contribution >= 4 is 0 Å². The maximum Gasteiger partial charge on any atom is 0.0672 e. The molecule has 1 rings (SSSR count). The molecule has 1 aliphatic carbocycles. The molecule has 0 aliphatic heterocycles. The summed E-state index contributed by atoms with van der Waals surface area (Å²) in [6, 6.07) is 3.05. The van der Waals surface area contributed by atoms with Crippen LogP contribution in [0.4, 0.5) is 0 Å². The molecular formula is C11H16N2. The predicted molar refractivity (Wildman–Crippen MR) is 52.8 cm³/mol. The van der Waals surface area contributed by atoms with E-state index in [0.29, 0.717) is 12.1 Å². The predicted octanol–water partition coefficient (Wildman–Crippen LogP) is 1.68. The third-order valence-electron chi connectivity index (χ3n) is 2.60. The van der Waals surface area contributed by atoms with Crippen LogP contribution in [0.25, 0.3) is 0 Å². The first-order chi connectivity index (χ1) is 6.27. The molecule has 0 spiro atoms. The minimum atomic E-state index is 0.195. The second-order valence-corrected chi connectivity index (χ2v) is 3.75. The monoisotopic (exact) mass is 176 g/mol. The van der Waals surface area contributed by atoms with Crippen LogP contribution in [0.5, 0.6) is 0 Å². The Morgan fingerprint density at radius 2 is 2.38 bits per heavy atom. The van der Waals surface area contributed by atoms with E-state index < -0.39 is 0 Å². The van der Waals surface area contributed by atoms with Gasteiger partial charge >= 0.3 is 0 Å². The van der Waals surface area contributed by atoms with Crippen LogP contribution >= 0.6 is 0 Å². The van der Waals surface area contributed by atoms with Crippen LogP contribution in [0.1, 0.15) is 32.6 Å². The fourth-order valence-electron chi connectivity index (χ4n) is 1.92. The Morgan fingerprint density at radius 3 is 3.00 bits per heavy atom. The zero-order chi connectivity index (χ0) is 9.68.